The molecule has 2 heterocycles. The molecule has 0 aliphatic carbocycles. The van der Waals surface area contributed by atoms with Gasteiger partial charge >= 0.3 is 0 Å². The van der Waals surface area contributed by atoms with Crippen molar-refractivity contribution in [1.82, 2.24) is 14.9 Å². The number of halogens is 2. The number of hydrogen-bond donors (Lipinski definition) is 0. The molecule has 152 valence electrons. The number of carbonyl (C=O) groups is 1. The highest BCUT2D eigenvalue weighted by molar-refractivity contribution is 9.10. The number of Topliss-reactive ketones (excluding diaryl/α,β-unsaturated/α-hetero) is 1. The van der Waals surface area contributed by atoms with Crippen LogP contribution < -0.4 is 0 Å². The first-order valence-electron chi connectivity index (χ1n) is 9.44. The molecule has 0 bridgehead atoms. The molecule has 2 aromatic heterocycles. The highest BCUT2D eigenvalue weighted by Crippen LogP contribution is 2.24. The first kappa shape index (κ1) is 20.2. The van der Waals surface area contributed by atoms with Crippen LogP contribution in [0.15, 0.2) is 63.6 Å². The zero-order valence-electron chi connectivity index (χ0n) is 16.5. The summed E-state index contributed by atoms with van der Waals surface area (Å²) in [5.41, 5.74) is 4.65. The summed E-state index contributed by atoms with van der Waals surface area (Å²) < 4.78 is 21.3. The molecule has 0 N–H and O–H groups in total. The summed E-state index contributed by atoms with van der Waals surface area (Å²) in [4.78, 5) is 12.8. The maximum absolute atomic E-state index is 13.1. The Labute approximate surface area is 181 Å². The van der Waals surface area contributed by atoms with Crippen molar-refractivity contribution in [3.8, 4) is 11.3 Å². The van der Waals surface area contributed by atoms with Gasteiger partial charge in [0.1, 0.15) is 5.82 Å². The number of aromatic nitrogens is 3. The van der Waals surface area contributed by atoms with E-state index in [4.69, 9.17) is 4.52 Å². The van der Waals surface area contributed by atoms with Crippen LogP contribution in [0.1, 0.15) is 33.0 Å². The maximum Gasteiger partial charge on any atom is 0.189 e. The van der Waals surface area contributed by atoms with Gasteiger partial charge in [0.2, 0.25) is 0 Å². The summed E-state index contributed by atoms with van der Waals surface area (Å²) in [6, 6.07) is 15.6. The largest absolute Gasteiger partial charge is 0.356 e. The van der Waals surface area contributed by atoms with Gasteiger partial charge in [0.25, 0.3) is 0 Å². The van der Waals surface area contributed by atoms with Gasteiger partial charge < -0.3 is 4.52 Å². The molecule has 4 aromatic rings. The van der Waals surface area contributed by atoms with E-state index < -0.39 is 0 Å². The SMILES string of the molecule is Cc1nn(Cc2ccc(F)cc2)c(C)c1CC(=O)c1cc(-c2ccc(Br)cc2)on1. The third kappa shape index (κ3) is 4.26. The molecule has 0 aliphatic heterocycles. The minimum Gasteiger partial charge on any atom is -0.356 e. The molecule has 0 unspecified atom stereocenters. The molecule has 0 fully saturated rings. The summed E-state index contributed by atoms with van der Waals surface area (Å²) in [5, 5.41) is 8.51. The topological polar surface area (TPSA) is 60.9 Å². The molecule has 0 radical (unpaired) electrons. The molecule has 0 saturated carbocycles. The average Bonchev–Trinajstić information content (AvgIpc) is 3.32. The van der Waals surface area contributed by atoms with Crippen LogP contribution in [0.25, 0.3) is 11.3 Å². The summed E-state index contributed by atoms with van der Waals surface area (Å²) in [6.45, 7) is 4.33. The fourth-order valence-corrected chi connectivity index (χ4v) is 3.58. The molecule has 5 nitrogen and oxygen atoms in total. The van der Waals surface area contributed by atoms with Crippen LogP contribution in [0, 0.1) is 19.7 Å². The van der Waals surface area contributed by atoms with E-state index in [1.165, 1.54) is 12.1 Å². The zero-order valence-corrected chi connectivity index (χ0v) is 18.1. The second-order valence-electron chi connectivity index (χ2n) is 7.12. The van der Waals surface area contributed by atoms with Crippen molar-refractivity contribution in [1.29, 1.82) is 0 Å². The van der Waals surface area contributed by atoms with Crippen molar-refractivity contribution in [2.75, 3.05) is 0 Å². The van der Waals surface area contributed by atoms with E-state index in [1.807, 2.05) is 42.8 Å². The first-order chi connectivity index (χ1) is 14.4. The molecular weight excluding hydrogens is 449 g/mol. The smallest absolute Gasteiger partial charge is 0.189 e. The lowest BCUT2D eigenvalue weighted by atomic mass is 10.0. The van der Waals surface area contributed by atoms with E-state index >= 15 is 0 Å². The van der Waals surface area contributed by atoms with Gasteiger partial charge in [-0.05, 0) is 43.7 Å². The number of rotatable bonds is 6. The van der Waals surface area contributed by atoms with Gasteiger partial charge in [0, 0.05) is 33.8 Å². The number of benzene rings is 2. The van der Waals surface area contributed by atoms with Crippen LogP contribution >= 0.6 is 15.9 Å². The highest BCUT2D eigenvalue weighted by Gasteiger charge is 2.19. The van der Waals surface area contributed by atoms with Crippen molar-refractivity contribution in [2.24, 2.45) is 0 Å². The Balaban J connectivity index is 1.51. The van der Waals surface area contributed by atoms with E-state index in [2.05, 4.69) is 26.2 Å². The lowest BCUT2D eigenvalue weighted by molar-refractivity contribution is 0.0984. The van der Waals surface area contributed by atoms with Crippen LogP contribution in [0.2, 0.25) is 0 Å². The molecule has 30 heavy (non-hydrogen) atoms. The van der Waals surface area contributed by atoms with Crippen LogP contribution in [-0.4, -0.2) is 20.7 Å². The number of aryl methyl sites for hydroxylation is 1. The minimum atomic E-state index is -0.270. The van der Waals surface area contributed by atoms with Crippen LogP contribution in [0.4, 0.5) is 4.39 Å². The summed E-state index contributed by atoms with van der Waals surface area (Å²) >= 11 is 3.40. The summed E-state index contributed by atoms with van der Waals surface area (Å²) in [5.74, 6) is 0.148. The quantitative estimate of drug-likeness (QED) is 0.349. The van der Waals surface area contributed by atoms with Gasteiger partial charge in [-0.3, -0.25) is 9.48 Å². The highest BCUT2D eigenvalue weighted by atomic mass is 79.9. The molecule has 7 heteroatoms. The molecule has 2 aromatic carbocycles. The van der Waals surface area contributed by atoms with Crippen molar-refractivity contribution in [3.05, 3.63) is 93.1 Å². The van der Waals surface area contributed by atoms with Crippen LogP contribution in [-0.2, 0) is 13.0 Å². The molecule has 0 aliphatic rings. The van der Waals surface area contributed by atoms with E-state index in [9.17, 15) is 9.18 Å². The predicted octanol–water partition coefficient (Wildman–Crippen LogP) is 5.53. The van der Waals surface area contributed by atoms with Gasteiger partial charge in [-0.2, -0.15) is 5.10 Å². The Bertz CT molecular complexity index is 1190. The van der Waals surface area contributed by atoms with Crippen molar-refractivity contribution >= 4 is 21.7 Å². The lowest BCUT2D eigenvalue weighted by Gasteiger charge is -2.05. The average molecular weight is 468 g/mol. The van der Waals surface area contributed by atoms with Gasteiger partial charge in [-0.1, -0.05) is 45.4 Å². The molecular formula is C23H19BrFN3O2. The standard InChI is InChI=1S/C23H19BrFN3O2/c1-14-20(15(2)28(26-14)13-16-3-9-19(25)10-4-16)11-22(29)21-12-23(30-27-21)17-5-7-18(24)8-6-17/h3-10,12H,11,13H2,1-2H3. The van der Waals surface area contributed by atoms with Gasteiger partial charge in [0.05, 0.1) is 12.2 Å². The van der Waals surface area contributed by atoms with Crippen LogP contribution in [0.3, 0.4) is 0 Å². The van der Waals surface area contributed by atoms with Crippen molar-refractivity contribution in [2.45, 2.75) is 26.8 Å². The van der Waals surface area contributed by atoms with Crippen LogP contribution in [0.5, 0.6) is 0 Å². The van der Waals surface area contributed by atoms with E-state index in [0.29, 0.717) is 12.3 Å². The third-order valence-corrected chi connectivity index (χ3v) is 5.57. The van der Waals surface area contributed by atoms with Gasteiger partial charge in [0.15, 0.2) is 17.2 Å². The van der Waals surface area contributed by atoms with Crippen molar-refractivity contribution < 1.29 is 13.7 Å². The zero-order chi connectivity index (χ0) is 21.3. The Morgan fingerprint density at radius 3 is 2.50 bits per heavy atom. The lowest BCUT2D eigenvalue weighted by Crippen LogP contribution is -2.07. The normalized spacial score (nSPS) is 11.1. The fraction of sp³-hybridized carbons (Fsp3) is 0.174. The molecule has 0 atom stereocenters. The number of carbonyl (C=O) groups excluding carboxylic acids is 1. The van der Waals surface area contributed by atoms with Gasteiger partial charge in [-0.25, -0.2) is 4.39 Å². The first-order valence-corrected chi connectivity index (χ1v) is 10.2. The fourth-order valence-electron chi connectivity index (χ4n) is 3.31. The summed E-state index contributed by atoms with van der Waals surface area (Å²) in [6.07, 6.45) is 0.188. The molecule has 0 saturated heterocycles. The molecule has 0 spiro atoms. The van der Waals surface area contributed by atoms with Gasteiger partial charge in [-0.15, -0.1) is 0 Å². The molecule has 4 rings (SSSR count). The summed E-state index contributed by atoms with van der Waals surface area (Å²) in [7, 11) is 0. The Hall–Kier alpha value is -3.06. The third-order valence-electron chi connectivity index (χ3n) is 5.04. The molecule has 0 amide bonds. The van der Waals surface area contributed by atoms with E-state index in [0.717, 1.165) is 32.6 Å². The predicted molar refractivity (Wildman–Crippen MR) is 115 cm³/mol. The van der Waals surface area contributed by atoms with E-state index in [-0.39, 0.29) is 23.7 Å². The number of hydrogen-bond acceptors (Lipinski definition) is 4. The minimum absolute atomic E-state index is 0.130. The monoisotopic (exact) mass is 467 g/mol. The maximum atomic E-state index is 13.1. The Morgan fingerprint density at radius 2 is 1.80 bits per heavy atom. The van der Waals surface area contributed by atoms with Crippen molar-refractivity contribution in [3.63, 3.8) is 0 Å². The van der Waals surface area contributed by atoms with E-state index in [1.54, 1.807) is 18.2 Å². The number of nitrogens with zero attached hydrogens (tertiary/aromatic N) is 3. The number of ketones is 1. The second-order valence-corrected chi connectivity index (χ2v) is 8.03. The second kappa shape index (κ2) is 8.36. The Morgan fingerprint density at radius 1 is 1.10 bits per heavy atom. The Kier molecular flexibility index (Phi) is 5.63.